The quantitative estimate of drug-likeness (QED) is 0.838. The third-order valence-corrected chi connectivity index (χ3v) is 3.90. The topological polar surface area (TPSA) is 21.7 Å². The summed E-state index contributed by atoms with van der Waals surface area (Å²) < 4.78 is 24.5. The van der Waals surface area contributed by atoms with E-state index in [-0.39, 0.29) is 12.1 Å². The Kier molecular flexibility index (Phi) is 4.11. The van der Waals surface area contributed by atoms with Crippen molar-refractivity contribution in [3.05, 3.63) is 35.6 Å². The number of rotatable bonds is 3. The third-order valence-electron chi connectivity index (χ3n) is 3.90. The molecular weight excluding hydrogens is 245 g/mol. The lowest BCUT2D eigenvalue weighted by Crippen LogP contribution is -2.46. The van der Waals surface area contributed by atoms with E-state index in [0.717, 1.165) is 25.1 Å². The monoisotopic (exact) mass is 265 g/mol. The van der Waals surface area contributed by atoms with Gasteiger partial charge in [-0.15, -0.1) is 0 Å². The summed E-state index contributed by atoms with van der Waals surface area (Å²) in [4.78, 5) is 2.37. The second-order valence-electron chi connectivity index (χ2n) is 5.27. The first-order valence-electron chi connectivity index (χ1n) is 7.04. The van der Waals surface area contributed by atoms with Crippen molar-refractivity contribution in [2.24, 2.45) is 0 Å². The van der Waals surface area contributed by atoms with Gasteiger partial charge in [0.25, 0.3) is 0 Å². The van der Waals surface area contributed by atoms with E-state index in [1.807, 2.05) is 6.07 Å². The number of hydrogen-bond acceptors (Lipinski definition) is 3. The minimum Gasteiger partial charge on any atom is -0.349 e. The Hall–Kier alpha value is -0.970. The molecule has 4 heteroatoms. The molecule has 0 amide bonds. The van der Waals surface area contributed by atoms with Gasteiger partial charge in [0.15, 0.2) is 6.29 Å². The highest BCUT2D eigenvalue weighted by Crippen LogP contribution is 2.26. The van der Waals surface area contributed by atoms with Crippen molar-refractivity contribution in [3.63, 3.8) is 0 Å². The first kappa shape index (κ1) is 13.0. The third kappa shape index (κ3) is 3.14. The van der Waals surface area contributed by atoms with Crippen LogP contribution in [0.25, 0.3) is 0 Å². The molecule has 1 atom stereocenters. The maximum atomic E-state index is 13.3. The van der Waals surface area contributed by atoms with Gasteiger partial charge in [-0.05, 0) is 37.1 Å². The van der Waals surface area contributed by atoms with Gasteiger partial charge in [-0.2, -0.15) is 0 Å². The molecule has 3 nitrogen and oxygen atoms in total. The van der Waals surface area contributed by atoms with E-state index >= 15 is 0 Å². The van der Waals surface area contributed by atoms with Gasteiger partial charge >= 0.3 is 0 Å². The van der Waals surface area contributed by atoms with Crippen LogP contribution < -0.4 is 0 Å². The Labute approximate surface area is 113 Å². The molecule has 0 spiro atoms. The summed E-state index contributed by atoms with van der Waals surface area (Å²) in [7, 11) is 0. The Morgan fingerprint density at radius 3 is 2.84 bits per heavy atom. The number of piperidine rings is 1. The molecule has 2 aliphatic rings. The van der Waals surface area contributed by atoms with E-state index in [9.17, 15) is 4.39 Å². The number of ether oxygens (including phenoxy) is 2. The highest BCUT2D eigenvalue weighted by Gasteiger charge is 2.33. The first-order chi connectivity index (χ1) is 9.33. The van der Waals surface area contributed by atoms with Crippen molar-refractivity contribution in [1.82, 2.24) is 4.90 Å². The summed E-state index contributed by atoms with van der Waals surface area (Å²) in [5, 5.41) is 0. The summed E-state index contributed by atoms with van der Waals surface area (Å²) in [5.41, 5.74) is 1.02. The minimum absolute atomic E-state index is 0.103. The number of likely N-dealkylation sites (tertiary alicyclic amines) is 1. The van der Waals surface area contributed by atoms with Crippen LogP contribution in [0.1, 0.15) is 24.8 Å². The average molecular weight is 265 g/mol. The van der Waals surface area contributed by atoms with Crippen LogP contribution in [0.5, 0.6) is 0 Å². The van der Waals surface area contributed by atoms with Gasteiger partial charge in [0.2, 0.25) is 0 Å². The fourth-order valence-electron chi connectivity index (χ4n) is 2.99. The van der Waals surface area contributed by atoms with Crippen LogP contribution in [0.4, 0.5) is 4.39 Å². The molecule has 0 saturated carbocycles. The number of nitrogens with zero attached hydrogens (tertiary/aromatic N) is 1. The number of halogens is 1. The van der Waals surface area contributed by atoms with Crippen LogP contribution in [-0.4, -0.2) is 37.0 Å². The zero-order valence-corrected chi connectivity index (χ0v) is 11.1. The Balaban J connectivity index is 1.69. The number of hydrogen-bond donors (Lipinski definition) is 0. The van der Waals surface area contributed by atoms with E-state index in [4.69, 9.17) is 9.47 Å². The summed E-state index contributed by atoms with van der Waals surface area (Å²) >= 11 is 0. The smallest absolute Gasteiger partial charge is 0.173 e. The maximum absolute atomic E-state index is 13.3. The molecule has 0 aliphatic carbocycles. The standard InChI is InChI=1S/C15H20FNO2/c16-13-5-3-4-12(10-13)11-17-7-2-1-6-14(17)15-18-8-9-19-15/h3-5,10,14-15H,1-2,6-9,11H2/t14-/m1/s1. The van der Waals surface area contributed by atoms with Crippen molar-refractivity contribution in [1.29, 1.82) is 0 Å². The molecular formula is C15H20FNO2. The Bertz CT molecular complexity index is 420. The fourth-order valence-corrected chi connectivity index (χ4v) is 2.99. The molecule has 2 aliphatic heterocycles. The molecule has 1 aromatic carbocycles. The molecule has 2 heterocycles. The average Bonchev–Trinajstić information content (AvgIpc) is 2.93. The van der Waals surface area contributed by atoms with Crippen LogP contribution in [0.2, 0.25) is 0 Å². The molecule has 3 rings (SSSR count). The number of benzene rings is 1. The lowest BCUT2D eigenvalue weighted by Gasteiger charge is -2.38. The molecule has 0 unspecified atom stereocenters. The molecule has 2 saturated heterocycles. The van der Waals surface area contributed by atoms with Crippen molar-refractivity contribution >= 4 is 0 Å². The summed E-state index contributed by atoms with van der Waals surface area (Å²) in [6, 6.07) is 7.15. The van der Waals surface area contributed by atoms with E-state index < -0.39 is 0 Å². The highest BCUT2D eigenvalue weighted by atomic mass is 19.1. The van der Waals surface area contributed by atoms with Crippen LogP contribution in [-0.2, 0) is 16.0 Å². The molecule has 104 valence electrons. The largest absolute Gasteiger partial charge is 0.349 e. The van der Waals surface area contributed by atoms with Gasteiger partial charge in [0, 0.05) is 6.54 Å². The van der Waals surface area contributed by atoms with Crippen molar-refractivity contribution in [2.45, 2.75) is 38.1 Å². The molecule has 1 aromatic rings. The van der Waals surface area contributed by atoms with Crippen LogP contribution in [0.3, 0.4) is 0 Å². The predicted octanol–water partition coefficient (Wildman–Crippen LogP) is 2.55. The lowest BCUT2D eigenvalue weighted by atomic mass is 10.0. The molecule has 2 fully saturated rings. The van der Waals surface area contributed by atoms with Crippen molar-refractivity contribution in [2.75, 3.05) is 19.8 Å². The van der Waals surface area contributed by atoms with Gasteiger partial charge in [-0.25, -0.2) is 4.39 Å². The van der Waals surface area contributed by atoms with Gasteiger partial charge < -0.3 is 9.47 Å². The van der Waals surface area contributed by atoms with Crippen molar-refractivity contribution < 1.29 is 13.9 Å². The molecule has 0 radical (unpaired) electrons. The Morgan fingerprint density at radius 1 is 1.21 bits per heavy atom. The summed E-state index contributed by atoms with van der Waals surface area (Å²) in [6.45, 7) is 3.18. The molecule has 0 aromatic heterocycles. The molecule has 0 N–H and O–H groups in total. The normalized spacial score (nSPS) is 25.8. The Morgan fingerprint density at radius 2 is 2.05 bits per heavy atom. The van der Waals surface area contributed by atoms with E-state index in [1.165, 1.54) is 18.9 Å². The van der Waals surface area contributed by atoms with Gasteiger partial charge in [0.1, 0.15) is 5.82 Å². The first-order valence-corrected chi connectivity index (χ1v) is 7.04. The molecule has 19 heavy (non-hydrogen) atoms. The summed E-state index contributed by atoms with van der Waals surface area (Å²) in [5.74, 6) is -0.167. The van der Waals surface area contributed by atoms with E-state index in [1.54, 1.807) is 12.1 Å². The van der Waals surface area contributed by atoms with E-state index in [2.05, 4.69) is 4.90 Å². The molecule has 0 bridgehead atoms. The van der Waals surface area contributed by atoms with Crippen LogP contribution >= 0.6 is 0 Å². The highest BCUT2D eigenvalue weighted by molar-refractivity contribution is 5.16. The maximum Gasteiger partial charge on any atom is 0.173 e. The van der Waals surface area contributed by atoms with Crippen molar-refractivity contribution in [3.8, 4) is 0 Å². The van der Waals surface area contributed by atoms with Gasteiger partial charge in [0.05, 0.1) is 19.3 Å². The van der Waals surface area contributed by atoms with Crippen LogP contribution in [0.15, 0.2) is 24.3 Å². The predicted molar refractivity (Wildman–Crippen MR) is 70.1 cm³/mol. The van der Waals surface area contributed by atoms with Gasteiger partial charge in [-0.3, -0.25) is 4.90 Å². The second-order valence-corrected chi connectivity index (χ2v) is 5.27. The second kappa shape index (κ2) is 5.99. The fraction of sp³-hybridized carbons (Fsp3) is 0.600. The SMILES string of the molecule is Fc1cccc(CN2CCCC[C@@H]2C2OCCO2)c1. The minimum atomic E-state index is -0.167. The summed E-state index contributed by atoms with van der Waals surface area (Å²) in [6.07, 6.45) is 3.40. The zero-order valence-electron chi connectivity index (χ0n) is 11.1. The van der Waals surface area contributed by atoms with E-state index in [0.29, 0.717) is 19.3 Å². The zero-order chi connectivity index (χ0) is 13.1. The van der Waals surface area contributed by atoms with Crippen LogP contribution in [0, 0.1) is 5.82 Å². The van der Waals surface area contributed by atoms with Gasteiger partial charge in [-0.1, -0.05) is 18.6 Å². The lowest BCUT2D eigenvalue weighted by molar-refractivity contribution is -0.111.